The Balaban J connectivity index is 1.86. The summed E-state index contributed by atoms with van der Waals surface area (Å²) in [6.45, 7) is 5.51. The normalized spacial score (nSPS) is 16.0. The summed E-state index contributed by atoms with van der Waals surface area (Å²) in [5.41, 5.74) is 3.01. The summed E-state index contributed by atoms with van der Waals surface area (Å²) in [4.78, 5) is 18.8. The highest BCUT2D eigenvalue weighted by molar-refractivity contribution is 5.95. The van der Waals surface area contributed by atoms with Crippen molar-refractivity contribution in [3.8, 4) is 0 Å². The smallest absolute Gasteiger partial charge is 0.256 e. The van der Waals surface area contributed by atoms with Gasteiger partial charge in [-0.15, -0.1) is 0 Å². The molecule has 3 rings (SSSR count). The zero-order chi connectivity index (χ0) is 15.7. The number of aliphatic hydroxyl groups is 1. The number of fused-ring (bicyclic) bond motifs is 1. The van der Waals surface area contributed by atoms with Gasteiger partial charge in [0.05, 0.1) is 29.6 Å². The molecule has 0 radical (unpaired) electrons. The van der Waals surface area contributed by atoms with Crippen LogP contribution in [-0.4, -0.2) is 37.2 Å². The fourth-order valence-electron chi connectivity index (χ4n) is 2.74. The lowest BCUT2D eigenvalue weighted by molar-refractivity contribution is 0.0744. The van der Waals surface area contributed by atoms with Gasteiger partial charge in [0.25, 0.3) is 5.91 Å². The van der Waals surface area contributed by atoms with Crippen molar-refractivity contribution >= 4 is 5.91 Å². The van der Waals surface area contributed by atoms with Crippen molar-refractivity contribution < 1.29 is 9.90 Å². The van der Waals surface area contributed by atoms with E-state index in [1.165, 1.54) is 0 Å². The lowest BCUT2D eigenvalue weighted by atomic mass is 10.1. The number of carbonyl (C=O) groups is 1. The van der Waals surface area contributed by atoms with E-state index in [0.717, 1.165) is 24.4 Å². The maximum absolute atomic E-state index is 12.7. The predicted octanol–water partition coefficient (Wildman–Crippen LogP) is 1.69. The number of aromatic nitrogens is 3. The molecule has 0 fully saturated rings. The van der Waals surface area contributed by atoms with Gasteiger partial charge in [-0.1, -0.05) is 0 Å². The molecule has 0 saturated carbocycles. The molecule has 22 heavy (non-hydrogen) atoms. The van der Waals surface area contributed by atoms with Gasteiger partial charge in [-0.25, -0.2) is 0 Å². The molecule has 2 aromatic heterocycles. The van der Waals surface area contributed by atoms with Crippen LogP contribution in [0.5, 0.6) is 0 Å². The van der Waals surface area contributed by atoms with Gasteiger partial charge in [0.15, 0.2) is 0 Å². The fraction of sp³-hybridized carbons (Fsp3) is 0.438. The number of carbonyl (C=O) groups excluding carboxylic acids is 1. The summed E-state index contributed by atoms with van der Waals surface area (Å²) in [5, 5.41) is 14.1. The molecule has 1 amide bonds. The minimum absolute atomic E-state index is 0.00107. The second kappa shape index (κ2) is 5.88. The Bertz CT molecular complexity index is 693. The highest BCUT2D eigenvalue weighted by Gasteiger charge is 2.23. The Morgan fingerprint density at radius 1 is 1.41 bits per heavy atom. The lowest BCUT2D eigenvalue weighted by Crippen LogP contribution is -2.31. The van der Waals surface area contributed by atoms with E-state index >= 15 is 0 Å². The Hall–Kier alpha value is -2.21. The van der Waals surface area contributed by atoms with E-state index < -0.39 is 6.10 Å². The number of rotatable bonds is 2. The lowest BCUT2D eigenvalue weighted by Gasteiger charge is -2.20. The van der Waals surface area contributed by atoms with Crippen LogP contribution in [0, 0.1) is 6.92 Å². The van der Waals surface area contributed by atoms with Crippen LogP contribution in [0.2, 0.25) is 0 Å². The Labute approximate surface area is 129 Å². The van der Waals surface area contributed by atoms with Crippen molar-refractivity contribution in [1.82, 2.24) is 19.7 Å². The first-order valence-corrected chi connectivity index (χ1v) is 7.52. The fourth-order valence-corrected chi connectivity index (χ4v) is 2.74. The number of nitrogens with zero attached hydrogens (tertiary/aromatic N) is 4. The van der Waals surface area contributed by atoms with E-state index in [9.17, 15) is 9.90 Å². The van der Waals surface area contributed by atoms with Crippen molar-refractivity contribution in [2.75, 3.05) is 6.54 Å². The molecule has 0 spiro atoms. The van der Waals surface area contributed by atoms with Crippen LogP contribution < -0.4 is 0 Å². The third-order valence-electron chi connectivity index (χ3n) is 3.99. The minimum atomic E-state index is -0.593. The summed E-state index contributed by atoms with van der Waals surface area (Å²) >= 11 is 0. The topological polar surface area (TPSA) is 71.2 Å². The monoisotopic (exact) mass is 300 g/mol. The quantitative estimate of drug-likeness (QED) is 0.916. The number of hydrogen-bond donors (Lipinski definition) is 1. The van der Waals surface area contributed by atoms with Crippen molar-refractivity contribution in [2.45, 2.75) is 39.5 Å². The van der Waals surface area contributed by atoms with E-state index in [1.54, 1.807) is 19.2 Å². The van der Waals surface area contributed by atoms with E-state index in [-0.39, 0.29) is 5.91 Å². The molecule has 1 N–H and O–H groups in total. The van der Waals surface area contributed by atoms with Gasteiger partial charge in [-0.05, 0) is 38.5 Å². The van der Waals surface area contributed by atoms with Gasteiger partial charge in [0.2, 0.25) is 0 Å². The summed E-state index contributed by atoms with van der Waals surface area (Å²) in [7, 11) is 0. The third kappa shape index (κ3) is 2.74. The molecule has 6 heteroatoms. The summed E-state index contributed by atoms with van der Waals surface area (Å²) in [6, 6.07) is 5.48. The molecule has 0 aliphatic carbocycles. The molecule has 2 aromatic rings. The molecule has 6 nitrogen and oxygen atoms in total. The van der Waals surface area contributed by atoms with Gasteiger partial charge >= 0.3 is 0 Å². The zero-order valence-corrected chi connectivity index (χ0v) is 12.9. The third-order valence-corrected chi connectivity index (χ3v) is 3.99. The molecular formula is C16H20N4O2. The average Bonchev–Trinajstić information content (AvgIpc) is 2.79. The predicted molar refractivity (Wildman–Crippen MR) is 81.2 cm³/mol. The average molecular weight is 300 g/mol. The Kier molecular flexibility index (Phi) is 3.94. The van der Waals surface area contributed by atoms with Gasteiger partial charge in [0, 0.05) is 25.0 Å². The van der Waals surface area contributed by atoms with E-state index in [2.05, 4.69) is 10.1 Å². The van der Waals surface area contributed by atoms with Gasteiger partial charge in [0.1, 0.15) is 0 Å². The molecule has 1 aliphatic heterocycles. The standard InChI is InChI=1S/C16H20N4O2/c1-11-14(5-3-6-17-11)16(22)19-7-4-8-20-13(10-19)9-15(18-20)12(2)21/h3,5-6,9,12,21H,4,7-8,10H2,1-2H3. The molecule has 1 atom stereocenters. The molecule has 1 aliphatic rings. The van der Waals surface area contributed by atoms with Crippen molar-refractivity contribution in [2.24, 2.45) is 0 Å². The van der Waals surface area contributed by atoms with E-state index in [0.29, 0.717) is 24.3 Å². The SMILES string of the molecule is Cc1ncccc1C(=O)N1CCCn2nc(C(C)O)cc2C1. The summed E-state index contributed by atoms with van der Waals surface area (Å²) < 4.78 is 1.89. The minimum Gasteiger partial charge on any atom is -0.387 e. The number of aryl methyl sites for hydroxylation is 2. The molecule has 3 heterocycles. The van der Waals surface area contributed by atoms with E-state index in [4.69, 9.17) is 0 Å². The highest BCUT2D eigenvalue weighted by atomic mass is 16.3. The van der Waals surface area contributed by atoms with Crippen molar-refractivity contribution in [3.05, 3.63) is 47.0 Å². The highest BCUT2D eigenvalue weighted by Crippen LogP contribution is 2.19. The molecule has 1 unspecified atom stereocenters. The molecular weight excluding hydrogens is 280 g/mol. The van der Waals surface area contributed by atoms with Crippen LogP contribution in [0.15, 0.2) is 24.4 Å². The first kappa shape index (κ1) is 14.7. The second-order valence-corrected chi connectivity index (χ2v) is 5.68. The maximum Gasteiger partial charge on any atom is 0.256 e. The molecule has 0 aromatic carbocycles. The van der Waals surface area contributed by atoms with Crippen LogP contribution in [-0.2, 0) is 13.1 Å². The zero-order valence-electron chi connectivity index (χ0n) is 12.9. The van der Waals surface area contributed by atoms with E-state index in [1.807, 2.05) is 28.6 Å². The number of hydrogen-bond acceptors (Lipinski definition) is 4. The number of aliphatic hydroxyl groups excluding tert-OH is 1. The van der Waals surface area contributed by atoms with Gasteiger partial charge < -0.3 is 10.0 Å². The molecule has 116 valence electrons. The van der Waals surface area contributed by atoms with Gasteiger partial charge in [-0.2, -0.15) is 5.10 Å². The van der Waals surface area contributed by atoms with Crippen LogP contribution in [0.1, 0.15) is 46.9 Å². The second-order valence-electron chi connectivity index (χ2n) is 5.68. The maximum atomic E-state index is 12.7. The van der Waals surface area contributed by atoms with Crippen LogP contribution in [0.25, 0.3) is 0 Å². The Morgan fingerprint density at radius 3 is 2.95 bits per heavy atom. The van der Waals surface area contributed by atoms with Crippen LogP contribution >= 0.6 is 0 Å². The van der Waals surface area contributed by atoms with Crippen molar-refractivity contribution in [1.29, 1.82) is 0 Å². The number of amides is 1. The molecule has 0 saturated heterocycles. The largest absolute Gasteiger partial charge is 0.387 e. The summed E-state index contributed by atoms with van der Waals surface area (Å²) in [5.74, 6) is -0.00107. The van der Waals surface area contributed by atoms with Gasteiger partial charge in [-0.3, -0.25) is 14.5 Å². The first-order valence-electron chi connectivity index (χ1n) is 7.52. The Morgan fingerprint density at radius 2 is 2.23 bits per heavy atom. The number of pyridine rings is 1. The molecule has 0 bridgehead atoms. The summed E-state index contributed by atoms with van der Waals surface area (Å²) in [6.07, 6.45) is 1.95. The van der Waals surface area contributed by atoms with Crippen LogP contribution in [0.3, 0.4) is 0 Å². The van der Waals surface area contributed by atoms with Crippen molar-refractivity contribution in [3.63, 3.8) is 0 Å². The first-order chi connectivity index (χ1) is 10.6. The van der Waals surface area contributed by atoms with Crippen LogP contribution in [0.4, 0.5) is 0 Å².